The van der Waals surface area contributed by atoms with Gasteiger partial charge in [-0.25, -0.2) is 4.68 Å². The minimum absolute atomic E-state index is 0.164. The Balaban J connectivity index is 1.61. The first kappa shape index (κ1) is 20.7. The van der Waals surface area contributed by atoms with Gasteiger partial charge in [-0.3, -0.25) is 9.69 Å². The van der Waals surface area contributed by atoms with E-state index in [0.717, 1.165) is 55.4 Å². The molecule has 6 heteroatoms. The van der Waals surface area contributed by atoms with Crippen molar-refractivity contribution in [3.63, 3.8) is 0 Å². The van der Waals surface area contributed by atoms with Gasteiger partial charge in [0.15, 0.2) is 0 Å². The molecule has 4 rings (SSSR count). The van der Waals surface area contributed by atoms with Crippen LogP contribution in [0.4, 0.5) is 0 Å². The van der Waals surface area contributed by atoms with Crippen molar-refractivity contribution in [2.45, 2.75) is 25.3 Å². The second-order valence-corrected chi connectivity index (χ2v) is 8.86. The zero-order chi connectivity index (χ0) is 20.9. The van der Waals surface area contributed by atoms with Gasteiger partial charge in [0.2, 0.25) is 5.91 Å². The van der Waals surface area contributed by atoms with E-state index < -0.39 is 0 Å². The van der Waals surface area contributed by atoms with Crippen LogP contribution in [0.2, 0.25) is 0 Å². The van der Waals surface area contributed by atoms with Gasteiger partial charge in [0.05, 0.1) is 11.4 Å². The summed E-state index contributed by atoms with van der Waals surface area (Å²) in [4.78, 5) is 17.3. The summed E-state index contributed by atoms with van der Waals surface area (Å²) < 4.78 is 1.98. The zero-order valence-corrected chi connectivity index (χ0v) is 18.4. The first-order valence-electron chi connectivity index (χ1n) is 10.5. The number of nitrogens with zero attached hydrogens (tertiary/aromatic N) is 4. The van der Waals surface area contributed by atoms with Crippen LogP contribution in [0.15, 0.2) is 65.7 Å². The fourth-order valence-corrected chi connectivity index (χ4v) is 4.48. The molecule has 1 aromatic heterocycles. The van der Waals surface area contributed by atoms with Crippen LogP contribution in [0.1, 0.15) is 19.4 Å². The first-order chi connectivity index (χ1) is 14.6. The maximum absolute atomic E-state index is 11.6. The van der Waals surface area contributed by atoms with E-state index >= 15 is 0 Å². The summed E-state index contributed by atoms with van der Waals surface area (Å²) in [5.74, 6) is 1.23. The van der Waals surface area contributed by atoms with Crippen LogP contribution in [0.3, 0.4) is 0 Å². The fourth-order valence-electron chi connectivity index (χ4n) is 3.82. The molecule has 0 spiro atoms. The minimum atomic E-state index is 0.164. The van der Waals surface area contributed by atoms with Crippen LogP contribution < -0.4 is 0 Å². The van der Waals surface area contributed by atoms with Gasteiger partial charge in [-0.2, -0.15) is 5.10 Å². The Bertz CT molecular complexity index is 976. The average Bonchev–Trinajstić information content (AvgIpc) is 3.19. The third-order valence-corrected chi connectivity index (χ3v) is 6.36. The van der Waals surface area contributed by atoms with Crippen molar-refractivity contribution in [1.29, 1.82) is 0 Å². The molecule has 1 aliphatic rings. The summed E-state index contributed by atoms with van der Waals surface area (Å²) in [6, 6.07) is 19.0. The number of thioether (sulfide) groups is 1. The van der Waals surface area contributed by atoms with Crippen LogP contribution in [-0.4, -0.2) is 57.4 Å². The van der Waals surface area contributed by atoms with Gasteiger partial charge < -0.3 is 4.90 Å². The SMILES string of the molecule is CCSc1ccc(-c2nn(-c3ccccc3)cc2CN2CCN(C(C)=O)CC2)cc1. The predicted octanol–water partition coefficient (Wildman–Crippen LogP) is 4.32. The Morgan fingerprint density at radius 2 is 1.70 bits per heavy atom. The summed E-state index contributed by atoms with van der Waals surface area (Å²) in [5.41, 5.74) is 4.44. The standard InChI is InChI=1S/C24H28N4OS/c1-3-30-23-11-9-20(10-12-23)24-21(17-26-13-15-27(16-14-26)19(2)29)18-28(25-24)22-7-5-4-6-8-22/h4-12,18H,3,13-17H2,1-2H3. The van der Waals surface area contributed by atoms with E-state index in [0.29, 0.717) is 0 Å². The maximum Gasteiger partial charge on any atom is 0.219 e. The molecule has 0 aliphatic carbocycles. The van der Waals surface area contributed by atoms with E-state index in [-0.39, 0.29) is 5.91 Å². The number of aromatic nitrogens is 2. The van der Waals surface area contributed by atoms with Gasteiger partial charge in [0, 0.05) is 61.9 Å². The van der Waals surface area contributed by atoms with Crippen LogP contribution in [-0.2, 0) is 11.3 Å². The van der Waals surface area contributed by atoms with E-state index in [1.807, 2.05) is 39.5 Å². The summed E-state index contributed by atoms with van der Waals surface area (Å²) in [5, 5.41) is 4.95. The molecule has 3 aromatic rings. The largest absolute Gasteiger partial charge is 0.340 e. The minimum Gasteiger partial charge on any atom is -0.340 e. The van der Waals surface area contributed by atoms with Crippen LogP contribution in [0, 0.1) is 0 Å². The number of carbonyl (C=O) groups excluding carboxylic acids is 1. The highest BCUT2D eigenvalue weighted by Crippen LogP contribution is 2.28. The van der Waals surface area contributed by atoms with Crippen LogP contribution in [0.25, 0.3) is 16.9 Å². The number of piperazine rings is 1. The molecule has 0 saturated carbocycles. The molecule has 1 amide bonds. The monoisotopic (exact) mass is 420 g/mol. The number of hydrogen-bond acceptors (Lipinski definition) is 4. The Morgan fingerprint density at radius 3 is 2.33 bits per heavy atom. The third kappa shape index (κ3) is 4.77. The lowest BCUT2D eigenvalue weighted by atomic mass is 10.1. The van der Waals surface area contributed by atoms with Crippen molar-refractivity contribution in [3.05, 3.63) is 66.4 Å². The normalized spacial score (nSPS) is 14.8. The summed E-state index contributed by atoms with van der Waals surface area (Å²) in [6.45, 7) is 8.02. The highest BCUT2D eigenvalue weighted by atomic mass is 32.2. The molecule has 0 unspecified atom stereocenters. The Hall–Kier alpha value is -2.57. The Kier molecular flexibility index (Phi) is 6.55. The van der Waals surface area contributed by atoms with Gasteiger partial charge in [-0.05, 0) is 30.0 Å². The maximum atomic E-state index is 11.6. The molecule has 1 fully saturated rings. The van der Waals surface area contributed by atoms with Gasteiger partial charge in [0.1, 0.15) is 0 Å². The number of carbonyl (C=O) groups is 1. The molecule has 2 heterocycles. The smallest absolute Gasteiger partial charge is 0.219 e. The van der Waals surface area contributed by atoms with Crippen molar-refractivity contribution in [2.75, 3.05) is 31.9 Å². The second-order valence-electron chi connectivity index (χ2n) is 7.52. The van der Waals surface area contributed by atoms with E-state index in [1.54, 1.807) is 6.92 Å². The Labute approximate surface area is 182 Å². The van der Waals surface area contributed by atoms with Gasteiger partial charge in [-0.15, -0.1) is 11.8 Å². The summed E-state index contributed by atoms with van der Waals surface area (Å²) >= 11 is 1.85. The highest BCUT2D eigenvalue weighted by molar-refractivity contribution is 7.99. The average molecular weight is 421 g/mol. The first-order valence-corrected chi connectivity index (χ1v) is 11.5. The summed E-state index contributed by atoms with van der Waals surface area (Å²) in [6.07, 6.45) is 2.15. The fraction of sp³-hybridized carbons (Fsp3) is 0.333. The third-order valence-electron chi connectivity index (χ3n) is 5.46. The van der Waals surface area contributed by atoms with Crippen molar-refractivity contribution >= 4 is 17.7 Å². The molecule has 0 radical (unpaired) electrons. The van der Waals surface area contributed by atoms with Crippen molar-refractivity contribution in [2.24, 2.45) is 0 Å². The molecule has 0 bridgehead atoms. The summed E-state index contributed by atoms with van der Waals surface area (Å²) in [7, 11) is 0. The topological polar surface area (TPSA) is 41.4 Å². The lowest BCUT2D eigenvalue weighted by molar-refractivity contribution is -0.130. The van der Waals surface area contributed by atoms with Gasteiger partial charge in [-0.1, -0.05) is 37.3 Å². The van der Waals surface area contributed by atoms with E-state index in [9.17, 15) is 4.79 Å². The molecule has 156 valence electrons. The molecule has 1 aliphatic heterocycles. The molecule has 1 saturated heterocycles. The molecule has 30 heavy (non-hydrogen) atoms. The van der Waals surface area contributed by atoms with Crippen LogP contribution >= 0.6 is 11.8 Å². The molecular weight excluding hydrogens is 392 g/mol. The highest BCUT2D eigenvalue weighted by Gasteiger charge is 2.21. The molecule has 0 atom stereocenters. The number of benzene rings is 2. The van der Waals surface area contributed by atoms with Gasteiger partial charge >= 0.3 is 0 Å². The quantitative estimate of drug-likeness (QED) is 0.557. The number of para-hydroxylation sites is 1. The Morgan fingerprint density at radius 1 is 1.00 bits per heavy atom. The van der Waals surface area contributed by atoms with Crippen molar-refractivity contribution in [1.82, 2.24) is 19.6 Å². The second kappa shape index (κ2) is 9.49. The molecule has 5 nitrogen and oxygen atoms in total. The molecular formula is C24H28N4OS. The number of hydrogen-bond donors (Lipinski definition) is 0. The van der Waals surface area contributed by atoms with E-state index in [2.05, 4.69) is 54.4 Å². The van der Waals surface area contributed by atoms with E-state index in [1.165, 1.54) is 10.5 Å². The lowest BCUT2D eigenvalue weighted by Crippen LogP contribution is -2.47. The molecule has 0 N–H and O–H groups in total. The number of rotatable bonds is 6. The zero-order valence-electron chi connectivity index (χ0n) is 17.6. The lowest BCUT2D eigenvalue weighted by Gasteiger charge is -2.34. The van der Waals surface area contributed by atoms with Crippen molar-refractivity contribution in [3.8, 4) is 16.9 Å². The van der Waals surface area contributed by atoms with Gasteiger partial charge in [0.25, 0.3) is 0 Å². The van der Waals surface area contributed by atoms with Crippen molar-refractivity contribution < 1.29 is 4.79 Å². The number of amides is 1. The van der Waals surface area contributed by atoms with E-state index in [4.69, 9.17) is 5.10 Å². The predicted molar refractivity (Wildman–Crippen MR) is 123 cm³/mol. The molecule has 2 aromatic carbocycles. The van der Waals surface area contributed by atoms with Crippen LogP contribution in [0.5, 0.6) is 0 Å².